The van der Waals surface area contributed by atoms with Crippen LogP contribution in [0.3, 0.4) is 0 Å². The fourth-order valence-electron chi connectivity index (χ4n) is 2.12. The number of hydrogen-bond acceptors (Lipinski definition) is 8. The second-order valence-corrected chi connectivity index (χ2v) is 6.10. The lowest BCUT2D eigenvalue weighted by Crippen LogP contribution is -2.16. The lowest BCUT2D eigenvalue weighted by Gasteiger charge is -2.06. The molecule has 2 heterocycles. The first-order valence-electron chi connectivity index (χ1n) is 7.16. The molecule has 2 N–H and O–H groups in total. The highest BCUT2D eigenvalue weighted by atomic mass is 32.1. The molecule has 2 aromatic rings. The molecule has 0 aromatic carbocycles. The topological polar surface area (TPSA) is 136 Å². The van der Waals surface area contributed by atoms with E-state index in [-0.39, 0.29) is 28.7 Å². The Balaban J connectivity index is 2.40. The summed E-state index contributed by atoms with van der Waals surface area (Å²) >= 11 is 1.18. The number of H-pyrrole nitrogens is 1. The summed E-state index contributed by atoms with van der Waals surface area (Å²) in [5.74, 6) is -1.69. The van der Waals surface area contributed by atoms with Crippen LogP contribution in [0.5, 0.6) is 5.88 Å². The Kier molecular flexibility index (Phi) is 5.37. The average molecular weight is 368 g/mol. The Morgan fingerprint density at radius 2 is 2.08 bits per heavy atom. The molecule has 25 heavy (non-hydrogen) atoms. The van der Waals surface area contributed by atoms with E-state index in [1.807, 2.05) is 0 Å². The molecule has 0 saturated carbocycles. The van der Waals surface area contributed by atoms with E-state index in [9.17, 15) is 19.7 Å². The second-order valence-electron chi connectivity index (χ2n) is 4.88. The van der Waals surface area contributed by atoms with E-state index >= 15 is 0 Å². The minimum absolute atomic E-state index is 0.184. The van der Waals surface area contributed by atoms with Gasteiger partial charge in [-0.1, -0.05) is 0 Å². The molecule has 0 saturated heterocycles. The maximum absolute atomic E-state index is 12.4. The van der Waals surface area contributed by atoms with Crippen LogP contribution >= 0.6 is 11.3 Å². The van der Waals surface area contributed by atoms with Crippen LogP contribution in [0.1, 0.15) is 38.2 Å². The van der Waals surface area contributed by atoms with Crippen molar-refractivity contribution in [2.75, 3.05) is 19.0 Å². The summed E-state index contributed by atoms with van der Waals surface area (Å²) in [6.45, 7) is 5.38. The van der Waals surface area contributed by atoms with Gasteiger partial charge in [-0.15, -0.1) is 16.4 Å². The molecule has 134 valence electrons. The van der Waals surface area contributed by atoms with Crippen LogP contribution in [0.25, 0.3) is 0 Å². The molecule has 0 aliphatic rings. The minimum Gasteiger partial charge on any atom is -0.475 e. The van der Waals surface area contributed by atoms with Crippen LogP contribution in [0.4, 0.5) is 10.7 Å². The smallest absolute Gasteiger partial charge is 0.362 e. The number of amides is 1. The molecule has 0 aliphatic heterocycles. The molecule has 0 bridgehead atoms. The molecular formula is C14H16N4O6S. The largest absolute Gasteiger partial charge is 0.475 e. The van der Waals surface area contributed by atoms with Crippen molar-refractivity contribution >= 4 is 33.9 Å². The van der Waals surface area contributed by atoms with Crippen molar-refractivity contribution in [3.8, 4) is 5.88 Å². The number of carbonyl (C=O) groups is 2. The summed E-state index contributed by atoms with van der Waals surface area (Å²) in [5, 5.41) is 19.8. The molecule has 1 amide bonds. The first kappa shape index (κ1) is 18.4. The van der Waals surface area contributed by atoms with Crippen molar-refractivity contribution in [3.63, 3.8) is 0 Å². The normalized spacial score (nSPS) is 10.4. The van der Waals surface area contributed by atoms with Gasteiger partial charge in [0.05, 0.1) is 24.2 Å². The maximum Gasteiger partial charge on any atom is 0.362 e. The number of aromatic amines is 1. The number of methoxy groups -OCH3 is 1. The molecule has 11 heteroatoms. The highest BCUT2D eigenvalue weighted by Crippen LogP contribution is 2.34. The van der Waals surface area contributed by atoms with Crippen molar-refractivity contribution in [1.29, 1.82) is 0 Å². The van der Waals surface area contributed by atoms with Crippen LogP contribution in [-0.4, -0.2) is 40.7 Å². The molecule has 0 spiro atoms. The number of thiophene rings is 1. The Bertz CT molecular complexity index is 841. The van der Waals surface area contributed by atoms with E-state index in [0.717, 1.165) is 4.88 Å². The fourth-order valence-corrected chi connectivity index (χ4v) is 3.16. The number of aromatic nitrogens is 2. The third-order valence-corrected chi connectivity index (χ3v) is 4.53. The van der Waals surface area contributed by atoms with E-state index in [0.29, 0.717) is 5.56 Å². The first-order chi connectivity index (χ1) is 11.8. The summed E-state index contributed by atoms with van der Waals surface area (Å²) in [6, 6.07) is 0. The second kappa shape index (κ2) is 7.30. The number of hydrogen-bond donors (Lipinski definition) is 2. The summed E-state index contributed by atoms with van der Waals surface area (Å²) in [6.07, 6.45) is 0. The number of esters is 1. The van der Waals surface area contributed by atoms with E-state index in [1.165, 1.54) is 18.4 Å². The van der Waals surface area contributed by atoms with Gasteiger partial charge in [0.15, 0.2) is 0 Å². The van der Waals surface area contributed by atoms with Gasteiger partial charge in [0.1, 0.15) is 5.00 Å². The predicted molar refractivity (Wildman–Crippen MR) is 89.5 cm³/mol. The number of ether oxygens (including phenoxy) is 2. The van der Waals surface area contributed by atoms with Crippen molar-refractivity contribution in [1.82, 2.24) is 10.2 Å². The van der Waals surface area contributed by atoms with Gasteiger partial charge in [-0.2, -0.15) is 0 Å². The number of anilines is 1. The van der Waals surface area contributed by atoms with Gasteiger partial charge in [0, 0.05) is 4.88 Å². The molecule has 2 rings (SSSR count). The number of rotatable bonds is 6. The summed E-state index contributed by atoms with van der Waals surface area (Å²) in [5.41, 5.74) is -0.0506. The van der Waals surface area contributed by atoms with Crippen LogP contribution in [0.15, 0.2) is 0 Å². The Labute approximate surface area is 146 Å². The van der Waals surface area contributed by atoms with Gasteiger partial charge in [0.2, 0.25) is 5.69 Å². The highest BCUT2D eigenvalue weighted by molar-refractivity contribution is 7.16. The maximum atomic E-state index is 12.4. The molecule has 0 radical (unpaired) electrons. The van der Waals surface area contributed by atoms with Crippen LogP contribution in [0.2, 0.25) is 0 Å². The van der Waals surface area contributed by atoms with Crippen molar-refractivity contribution in [2.24, 2.45) is 0 Å². The molecule has 2 aromatic heterocycles. The van der Waals surface area contributed by atoms with Crippen LogP contribution < -0.4 is 10.1 Å². The van der Waals surface area contributed by atoms with Gasteiger partial charge in [-0.05, 0) is 26.3 Å². The number of nitrogens with zero attached hydrogens (tertiary/aromatic N) is 2. The van der Waals surface area contributed by atoms with Crippen molar-refractivity contribution in [3.05, 3.63) is 31.8 Å². The van der Waals surface area contributed by atoms with Gasteiger partial charge < -0.3 is 14.8 Å². The molecule has 0 fully saturated rings. The number of carbonyl (C=O) groups excluding carboxylic acids is 2. The molecule has 10 nitrogen and oxygen atoms in total. The molecule has 0 aliphatic carbocycles. The van der Waals surface area contributed by atoms with E-state index < -0.39 is 22.5 Å². The van der Waals surface area contributed by atoms with Crippen molar-refractivity contribution < 1.29 is 24.0 Å². The van der Waals surface area contributed by atoms with E-state index in [1.54, 1.807) is 20.8 Å². The van der Waals surface area contributed by atoms with Crippen LogP contribution in [-0.2, 0) is 4.74 Å². The zero-order valence-corrected chi connectivity index (χ0v) is 14.8. The lowest BCUT2D eigenvalue weighted by atomic mass is 10.1. The Morgan fingerprint density at radius 3 is 2.64 bits per heavy atom. The number of aryl methyl sites for hydroxylation is 1. The zero-order valence-electron chi connectivity index (χ0n) is 14.0. The standard InChI is InChI=1S/C14H16N4O6S/c1-5-24-14(20)8-6(2)7(3)25-13(8)15-11(19)9-10(18(21)22)12(23-4)17-16-9/h5H2,1-4H3,(H,15,19)(H,16,17). The van der Waals surface area contributed by atoms with E-state index in [4.69, 9.17) is 9.47 Å². The van der Waals surface area contributed by atoms with Gasteiger partial charge in [0.25, 0.3) is 5.91 Å². The quantitative estimate of drug-likeness (QED) is 0.454. The predicted octanol–water partition coefficient (Wildman–Crippen LogP) is 2.43. The third-order valence-electron chi connectivity index (χ3n) is 3.40. The average Bonchev–Trinajstić information content (AvgIpc) is 3.09. The van der Waals surface area contributed by atoms with Gasteiger partial charge in [-0.3, -0.25) is 20.0 Å². The zero-order chi connectivity index (χ0) is 18.7. The third kappa shape index (κ3) is 3.45. The van der Waals surface area contributed by atoms with E-state index in [2.05, 4.69) is 15.5 Å². The number of nitrogens with one attached hydrogen (secondary N) is 2. The van der Waals surface area contributed by atoms with Gasteiger partial charge >= 0.3 is 17.5 Å². The summed E-state index contributed by atoms with van der Waals surface area (Å²) in [4.78, 5) is 35.8. The summed E-state index contributed by atoms with van der Waals surface area (Å²) < 4.78 is 9.77. The van der Waals surface area contributed by atoms with Gasteiger partial charge in [-0.25, -0.2) is 4.79 Å². The first-order valence-corrected chi connectivity index (χ1v) is 7.98. The summed E-state index contributed by atoms with van der Waals surface area (Å²) in [7, 11) is 1.20. The Hall–Kier alpha value is -2.95. The number of nitro groups is 1. The fraction of sp³-hybridized carbons (Fsp3) is 0.357. The van der Waals surface area contributed by atoms with Crippen LogP contribution in [0, 0.1) is 24.0 Å². The highest BCUT2D eigenvalue weighted by Gasteiger charge is 2.31. The monoisotopic (exact) mass is 368 g/mol. The molecule has 0 atom stereocenters. The van der Waals surface area contributed by atoms with Crippen molar-refractivity contribution in [2.45, 2.75) is 20.8 Å². The molecular weight excluding hydrogens is 352 g/mol. The Morgan fingerprint density at radius 1 is 1.40 bits per heavy atom. The SMILES string of the molecule is CCOC(=O)c1c(NC(=O)c2[nH]nc(OC)c2[N+](=O)[O-])sc(C)c1C. The minimum atomic E-state index is -0.811. The molecule has 0 unspecified atom stereocenters. The lowest BCUT2D eigenvalue weighted by molar-refractivity contribution is -0.386.